The van der Waals surface area contributed by atoms with Crippen LogP contribution in [0, 0.1) is 11.3 Å². The van der Waals surface area contributed by atoms with Gasteiger partial charge in [0.15, 0.2) is 0 Å². The molecule has 1 aliphatic rings. The third-order valence-electron chi connectivity index (χ3n) is 5.24. The van der Waals surface area contributed by atoms with Crippen molar-refractivity contribution in [2.75, 3.05) is 18.6 Å². The van der Waals surface area contributed by atoms with E-state index in [-0.39, 0.29) is 0 Å². The number of nitriles is 1. The Bertz CT molecular complexity index is 1220. The molecule has 0 amide bonds. The maximum absolute atomic E-state index is 9.36. The van der Waals surface area contributed by atoms with Gasteiger partial charge in [-0.15, -0.1) is 0 Å². The highest BCUT2D eigenvalue weighted by Gasteiger charge is 2.16. The zero-order valence-electron chi connectivity index (χ0n) is 15.0. The van der Waals surface area contributed by atoms with Crippen molar-refractivity contribution in [1.29, 1.82) is 5.26 Å². The Kier molecular flexibility index (Phi) is 3.59. The topological polar surface area (TPSA) is 54.1 Å². The molecule has 5 nitrogen and oxygen atoms in total. The van der Waals surface area contributed by atoms with E-state index in [1.54, 1.807) is 0 Å². The minimum atomic E-state index is 0.424. The summed E-state index contributed by atoms with van der Waals surface area (Å²) in [5, 5.41) is 11.6. The average Bonchev–Trinajstić information content (AvgIpc) is 3.10. The van der Waals surface area contributed by atoms with Gasteiger partial charge in [0.25, 0.3) is 0 Å². The Balaban J connectivity index is 1.65. The third-order valence-corrected chi connectivity index (χ3v) is 5.24. The minimum Gasteiger partial charge on any atom is -0.373 e. The zero-order chi connectivity index (χ0) is 18.4. The van der Waals surface area contributed by atoms with Crippen molar-refractivity contribution in [3.05, 3.63) is 66.0 Å². The number of hydrogen-bond donors (Lipinski definition) is 0. The number of fused-ring (bicyclic) bond motifs is 4. The van der Waals surface area contributed by atoms with Crippen LogP contribution in [0.25, 0.3) is 21.8 Å². The molecule has 5 rings (SSSR count). The van der Waals surface area contributed by atoms with Crippen molar-refractivity contribution in [3.8, 4) is 6.07 Å². The summed E-state index contributed by atoms with van der Waals surface area (Å²) >= 11 is 0. The molecule has 5 heteroatoms. The van der Waals surface area contributed by atoms with Gasteiger partial charge in [-0.1, -0.05) is 18.2 Å². The molecule has 0 aliphatic carbocycles. The Morgan fingerprint density at radius 1 is 1.15 bits per heavy atom. The molecule has 3 heterocycles. The van der Waals surface area contributed by atoms with Crippen molar-refractivity contribution in [2.24, 2.45) is 0 Å². The van der Waals surface area contributed by atoms with Crippen LogP contribution in [0.4, 0.5) is 11.4 Å². The Morgan fingerprint density at radius 2 is 2.04 bits per heavy atom. The second-order valence-corrected chi connectivity index (χ2v) is 6.80. The third kappa shape index (κ3) is 2.54. The molecule has 27 heavy (non-hydrogen) atoms. The van der Waals surface area contributed by atoms with Crippen molar-refractivity contribution >= 4 is 33.2 Å². The number of ether oxygens (including phenoxy) is 1. The highest BCUT2D eigenvalue weighted by atomic mass is 16.5. The van der Waals surface area contributed by atoms with Crippen molar-refractivity contribution in [3.63, 3.8) is 0 Å². The highest BCUT2D eigenvalue weighted by Crippen LogP contribution is 2.33. The SMILES string of the molecule is CN(c1ccc2c(c1)cc1n2CCOC1)c1cc(C#N)nc2ccccc12. The molecule has 0 atom stereocenters. The predicted molar refractivity (Wildman–Crippen MR) is 106 cm³/mol. The Morgan fingerprint density at radius 3 is 2.93 bits per heavy atom. The summed E-state index contributed by atoms with van der Waals surface area (Å²) in [6.45, 7) is 2.33. The summed E-state index contributed by atoms with van der Waals surface area (Å²) in [5.74, 6) is 0. The molecule has 0 spiro atoms. The highest BCUT2D eigenvalue weighted by molar-refractivity contribution is 5.95. The molecule has 0 fully saturated rings. The standard InChI is InChI=1S/C22H18N4O/c1-25(22-12-16(13-23)24-20-5-3-2-4-19(20)22)17-6-7-21-15(10-17)11-18-14-27-9-8-26(18)21/h2-7,10-12H,8-9,14H2,1H3. The van der Waals surface area contributed by atoms with E-state index in [0.29, 0.717) is 12.3 Å². The van der Waals surface area contributed by atoms with E-state index < -0.39 is 0 Å². The predicted octanol–water partition coefficient (Wildman–Crippen LogP) is 4.36. The minimum absolute atomic E-state index is 0.424. The molecule has 0 radical (unpaired) electrons. The number of hydrogen-bond acceptors (Lipinski definition) is 4. The van der Waals surface area contributed by atoms with Gasteiger partial charge in [0.05, 0.1) is 24.4 Å². The molecule has 0 bridgehead atoms. The first kappa shape index (κ1) is 15.9. The van der Waals surface area contributed by atoms with Crippen LogP contribution in [0.5, 0.6) is 0 Å². The van der Waals surface area contributed by atoms with E-state index in [4.69, 9.17) is 4.74 Å². The maximum atomic E-state index is 9.36. The van der Waals surface area contributed by atoms with Gasteiger partial charge in [0.1, 0.15) is 11.8 Å². The lowest BCUT2D eigenvalue weighted by molar-refractivity contribution is 0.0865. The molecule has 0 unspecified atom stereocenters. The van der Waals surface area contributed by atoms with Crippen LogP contribution in [0.3, 0.4) is 0 Å². The van der Waals surface area contributed by atoms with Crippen LogP contribution in [-0.2, 0) is 17.9 Å². The van der Waals surface area contributed by atoms with E-state index in [1.165, 1.54) is 16.6 Å². The van der Waals surface area contributed by atoms with E-state index in [2.05, 4.69) is 44.8 Å². The quantitative estimate of drug-likeness (QED) is 0.537. The first-order valence-corrected chi connectivity index (χ1v) is 8.98. The normalized spacial score (nSPS) is 13.5. The lowest BCUT2D eigenvalue weighted by Crippen LogP contribution is -2.15. The number of anilines is 2. The number of pyridine rings is 1. The monoisotopic (exact) mass is 354 g/mol. The molecular weight excluding hydrogens is 336 g/mol. The smallest absolute Gasteiger partial charge is 0.143 e. The maximum Gasteiger partial charge on any atom is 0.143 e. The average molecular weight is 354 g/mol. The van der Waals surface area contributed by atoms with E-state index in [0.717, 1.165) is 35.4 Å². The zero-order valence-corrected chi connectivity index (χ0v) is 15.0. The number of aromatic nitrogens is 2. The first-order valence-electron chi connectivity index (χ1n) is 8.98. The van der Waals surface area contributed by atoms with Gasteiger partial charge < -0.3 is 14.2 Å². The van der Waals surface area contributed by atoms with Crippen molar-refractivity contribution < 1.29 is 4.74 Å². The molecule has 0 saturated heterocycles. The fourth-order valence-corrected chi connectivity index (χ4v) is 3.87. The van der Waals surface area contributed by atoms with Crippen LogP contribution in [0.15, 0.2) is 54.6 Å². The van der Waals surface area contributed by atoms with Gasteiger partial charge in [-0.05, 0) is 36.4 Å². The van der Waals surface area contributed by atoms with Crippen LogP contribution >= 0.6 is 0 Å². The van der Waals surface area contributed by atoms with Gasteiger partial charge in [-0.25, -0.2) is 4.98 Å². The van der Waals surface area contributed by atoms with Gasteiger partial charge in [-0.2, -0.15) is 5.26 Å². The number of para-hydroxylation sites is 1. The molecule has 2 aromatic heterocycles. The lowest BCUT2D eigenvalue weighted by atomic mass is 10.1. The fraction of sp³-hybridized carbons (Fsp3) is 0.182. The summed E-state index contributed by atoms with van der Waals surface area (Å²) in [6.07, 6.45) is 0. The summed E-state index contributed by atoms with van der Waals surface area (Å²) in [6, 6.07) is 20.7. The van der Waals surface area contributed by atoms with Crippen LogP contribution in [0.2, 0.25) is 0 Å². The van der Waals surface area contributed by atoms with Gasteiger partial charge in [0.2, 0.25) is 0 Å². The second kappa shape index (κ2) is 6.11. The van der Waals surface area contributed by atoms with Gasteiger partial charge in [0, 0.05) is 41.3 Å². The van der Waals surface area contributed by atoms with E-state index >= 15 is 0 Å². The summed E-state index contributed by atoms with van der Waals surface area (Å²) < 4.78 is 7.91. The number of rotatable bonds is 2. The molecule has 0 N–H and O–H groups in total. The summed E-state index contributed by atoms with van der Waals surface area (Å²) in [5.41, 5.74) is 5.76. The Labute approximate surface area is 157 Å². The number of nitrogens with zero attached hydrogens (tertiary/aromatic N) is 4. The largest absolute Gasteiger partial charge is 0.373 e. The molecular formula is C22H18N4O. The molecule has 0 saturated carbocycles. The Hall–Kier alpha value is -3.36. The van der Waals surface area contributed by atoms with Crippen molar-refractivity contribution in [1.82, 2.24) is 9.55 Å². The number of benzene rings is 2. The van der Waals surface area contributed by atoms with Crippen LogP contribution < -0.4 is 4.90 Å². The van der Waals surface area contributed by atoms with E-state index in [9.17, 15) is 5.26 Å². The summed E-state index contributed by atoms with van der Waals surface area (Å²) in [4.78, 5) is 6.54. The molecule has 4 aromatic rings. The first-order chi connectivity index (χ1) is 13.2. The molecule has 2 aromatic carbocycles. The lowest BCUT2D eigenvalue weighted by Gasteiger charge is -2.22. The summed E-state index contributed by atoms with van der Waals surface area (Å²) in [7, 11) is 2.03. The van der Waals surface area contributed by atoms with Crippen LogP contribution in [-0.4, -0.2) is 23.2 Å². The second-order valence-electron chi connectivity index (χ2n) is 6.80. The van der Waals surface area contributed by atoms with Gasteiger partial charge >= 0.3 is 0 Å². The van der Waals surface area contributed by atoms with E-state index in [1.807, 2.05) is 37.4 Å². The molecule has 1 aliphatic heterocycles. The molecule has 132 valence electrons. The fourth-order valence-electron chi connectivity index (χ4n) is 3.87. The van der Waals surface area contributed by atoms with Crippen molar-refractivity contribution in [2.45, 2.75) is 13.2 Å². The van der Waals surface area contributed by atoms with Gasteiger partial charge in [-0.3, -0.25) is 0 Å². The van der Waals surface area contributed by atoms with Crippen LogP contribution in [0.1, 0.15) is 11.4 Å².